The van der Waals surface area contributed by atoms with Gasteiger partial charge in [-0.15, -0.1) is 0 Å². The first kappa shape index (κ1) is 13.0. The molecule has 0 radical (unpaired) electrons. The average Bonchev–Trinajstić information content (AvgIpc) is 2.42. The summed E-state index contributed by atoms with van der Waals surface area (Å²) in [5.41, 5.74) is 2.17. The van der Waals surface area contributed by atoms with Crippen molar-refractivity contribution < 1.29 is 9.59 Å². The number of anilines is 1. The molecule has 0 bridgehead atoms. The maximum Gasteiger partial charge on any atom is 0.265 e. The van der Waals surface area contributed by atoms with E-state index in [1.165, 1.54) is 11.8 Å². The quantitative estimate of drug-likeness (QED) is 0.824. The van der Waals surface area contributed by atoms with Crippen LogP contribution in [-0.2, 0) is 4.79 Å². The molecule has 0 aromatic heterocycles. The Hall–Kier alpha value is -2.42. The van der Waals surface area contributed by atoms with Gasteiger partial charge in [-0.05, 0) is 31.2 Å². The van der Waals surface area contributed by atoms with E-state index in [9.17, 15) is 9.59 Å². The molecule has 96 valence electrons. The van der Waals surface area contributed by atoms with Crippen LogP contribution >= 0.6 is 0 Å². The highest BCUT2D eigenvalue weighted by Crippen LogP contribution is 2.18. The summed E-state index contributed by atoms with van der Waals surface area (Å²) in [5.74, 6) is -0.602. The maximum atomic E-state index is 12.4. The van der Waals surface area contributed by atoms with Crippen LogP contribution in [0.25, 0.3) is 0 Å². The van der Waals surface area contributed by atoms with E-state index in [1.807, 2.05) is 25.1 Å². The fourth-order valence-corrected chi connectivity index (χ4v) is 1.85. The zero-order chi connectivity index (χ0) is 13.8. The number of benzene rings is 2. The van der Waals surface area contributed by atoms with E-state index in [0.29, 0.717) is 11.3 Å². The van der Waals surface area contributed by atoms with Crippen LogP contribution in [0.15, 0.2) is 54.6 Å². The van der Waals surface area contributed by atoms with Crippen LogP contribution in [0.1, 0.15) is 22.8 Å². The Kier molecular flexibility index (Phi) is 3.76. The van der Waals surface area contributed by atoms with Crippen LogP contribution in [0.5, 0.6) is 0 Å². The molecule has 19 heavy (non-hydrogen) atoms. The fraction of sp³-hybridized carbons (Fsp3) is 0.125. The Balaban J connectivity index is 2.39. The predicted octanol–water partition coefficient (Wildman–Crippen LogP) is 3.19. The van der Waals surface area contributed by atoms with Gasteiger partial charge in [0.2, 0.25) is 5.91 Å². The molecular formula is C16H15NO2. The third-order valence-corrected chi connectivity index (χ3v) is 2.83. The number of amides is 2. The van der Waals surface area contributed by atoms with Gasteiger partial charge in [0, 0.05) is 12.5 Å². The Morgan fingerprint density at radius 1 is 0.895 bits per heavy atom. The summed E-state index contributed by atoms with van der Waals surface area (Å²) < 4.78 is 0. The second-order valence-corrected chi connectivity index (χ2v) is 4.36. The van der Waals surface area contributed by atoms with E-state index in [0.717, 1.165) is 5.56 Å². The van der Waals surface area contributed by atoms with Gasteiger partial charge in [0.05, 0.1) is 5.69 Å². The summed E-state index contributed by atoms with van der Waals surface area (Å²) in [5, 5.41) is 0. The van der Waals surface area contributed by atoms with Crippen LogP contribution in [0.3, 0.4) is 0 Å². The van der Waals surface area contributed by atoms with Gasteiger partial charge in [0.15, 0.2) is 0 Å². The molecule has 0 fully saturated rings. The largest absolute Gasteiger partial charge is 0.274 e. The lowest BCUT2D eigenvalue weighted by Crippen LogP contribution is -2.35. The second-order valence-electron chi connectivity index (χ2n) is 4.36. The molecule has 2 rings (SSSR count). The smallest absolute Gasteiger partial charge is 0.265 e. The van der Waals surface area contributed by atoms with E-state index in [4.69, 9.17) is 0 Å². The topological polar surface area (TPSA) is 37.4 Å². The van der Waals surface area contributed by atoms with Gasteiger partial charge >= 0.3 is 0 Å². The monoisotopic (exact) mass is 253 g/mol. The van der Waals surface area contributed by atoms with Gasteiger partial charge < -0.3 is 0 Å². The van der Waals surface area contributed by atoms with Gasteiger partial charge in [-0.25, -0.2) is 4.90 Å². The molecule has 0 atom stereocenters. The van der Waals surface area contributed by atoms with Crippen LogP contribution in [0.2, 0.25) is 0 Å². The molecule has 0 saturated heterocycles. The Bertz CT molecular complexity index is 588. The van der Waals surface area contributed by atoms with E-state index >= 15 is 0 Å². The van der Waals surface area contributed by atoms with Crippen LogP contribution < -0.4 is 4.90 Å². The molecule has 2 aromatic rings. The lowest BCUT2D eigenvalue weighted by molar-refractivity contribution is -0.115. The van der Waals surface area contributed by atoms with Gasteiger partial charge in [0.25, 0.3) is 5.91 Å². The molecule has 3 heteroatoms. The number of aryl methyl sites for hydroxylation is 1. The standard InChI is InChI=1S/C16H15NO2/c1-12-8-10-15(11-9-12)17(13(2)18)16(19)14-6-4-3-5-7-14/h3-11H,1-2H3. The van der Waals surface area contributed by atoms with E-state index in [-0.39, 0.29) is 11.8 Å². The highest BCUT2D eigenvalue weighted by molar-refractivity contribution is 6.20. The van der Waals surface area contributed by atoms with Crippen molar-refractivity contribution in [2.75, 3.05) is 4.90 Å². The number of imide groups is 1. The van der Waals surface area contributed by atoms with Crippen LogP contribution in [-0.4, -0.2) is 11.8 Å². The van der Waals surface area contributed by atoms with E-state index in [1.54, 1.807) is 36.4 Å². The molecule has 0 heterocycles. The lowest BCUT2D eigenvalue weighted by Gasteiger charge is -2.19. The van der Waals surface area contributed by atoms with Crippen molar-refractivity contribution in [3.63, 3.8) is 0 Å². The average molecular weight is 253 g/mol. The Morgan fingerprint density at radius 2 is 1.47 bits per heavy atom. The number of hydrogen-bond acceptors (Lipinski definition) is 2. The highest BCUT2D eigenvalue weighted by atomic mass is 16.2. The third kappa shape index (κ3) is 2.88. The van der Waals surface area contributed by atoms with Gasteiger partial charge in [0.1, 0.15) is 0 Å². The van der Waals surface area contributed by atoms with Crippen molar-refractivity contribution in [3.8, 4) is 0 Å². The Labute approximate surface area is 112 Å². The predicted molar refractivity (Wildman–Crippen MR) is 75.1 cm³/mol. The van der Waals surface area contributed by atoms with Crippen molar-refractivity contribution in [2.45, 2.75) is 13.8 Å². The van der Waals surface area contributed by atoms with Gasteiger partial charge in [-0.2, -0.15) is 0 Å². The van der Waals surface area contributed by atoms with E-state index < -0.39 is 0 Å². The van der Waals surface area contributed by atoms with E-state index in [2.05, 4.69) is 0 Å². The van der Waals surface area contributed by atoms with Crippen molar-refractivity contribution >= 4 is 17.5 Å². The second kappa shape index (κ2) is 5.48. The SMILES string of the molecule is CC(=O)N(C(=O)c1ccccc1)c1ccc(C)cc1. The number of carbonyl (C=O) groups is 2. The summed E-state index contributed by atoms with van der Waals surface area (Å²) in [6.45, 7) is 3.35. The minimum absolute atomic E-state index is 0.294. The first-order chi connectivity index (χ1) is 9.09. The highest BCUT2D eigenvalue weighted by Gasteiger charge is 2.21. The molecule has 2 amide bonds. The zero-order valence-electron chi connectivity index (χ0n) is 11.0. The summed E-state index contributed by atoms with van der Waals surface area (Å²) >= 11 is 0. The first-order valence-electron chi connectivity index (χ1n) is 6.06. The van der Waals surface area contributed by atoms with Gasteiger partial charge in [-0.1, -0.05) is 35.9 Å². The number of nitrogens with zero attached hydrogens (tertiary/aromatic N) is 1. The normalized spacial score (nSPS) is 10.0. The number of carbonyl (C=O) groups excluding carboxylic acids is 2. The van der Waals surface area contributed by atoms with Crippen LogP contribution in [0.4, 0.5) is 5.69 Å². The van der Waals surface area contributed by atoms with Gasteiger partial charge in [-0.3, -0.25) is 9.59 Å². The lowest BCUT2D eigenvalue weighted by atomic mass is 10.1. The molecule has 0 spiro atoms. The summed E-state index contributed by atoms with van der Waals surface area (Å²) in [6.07, 6.45) is 0. The van der Waals surface area contributed by atoms with Crippen molar-refractivity contribution in [1.82, 2.24) is 0 Å². The Morgan fingerprint density at radius 3 is 2.00 bits per heavy atom. The zero-order valence-corrected chi connectivity index (χ0v) is 11.0. The molecule has 0 aliphatic carbocycles. The number of rotatable bonds is 2. The molecule has 2 aromatic carbocycles. The summed E-state index contributed by atoms with van der Waals surface area (Å²) in [7, 11) is 0. The van der Waals surface area contributed by atoms with Crippen LogP contribution in [0, 0.1) is 6.92 Å². The first-order valence-corrected chi connectivity index (χ1v) is 6.06. The maximum absolute atomic E-state index is 12.4. The number of hydrogen-bond donors (Lipinski definition) is 0. The third-order valence-electron chi connectivity index (χ3n) is 2.83. The molecule has 0 saturated carbocycles. The van der Waals surface area contributed by atoms with Crippen molar-refractivity contribution in [2.24, 2.45) is 0 Å². The summed E-state index contributed by atoms with van der Waals surface area (Å²) in [6, 6.07) is 16.1. The van der Waals surface area contributed by atoms with Crippen molar-refractivity contribution in [3.05, 3.63) is 65.7 Å². The molecule has 0 unspecified atom stereocenters. The summed E-state index contributed by atoms with van der Waals surface area (Å²) in [4.78, 5) is 25.3. The minimum atomic E-state index is -0.308. The molecule has 0 aliphatic rings. The minimum Gasteiger partial charge on any atom is -0.274 e. The molecule has 3 nitrogen and oxygen atoms in total. The molecular weight excluding hydrogens is 238 g/mol. The molecule has 0 aliphatic heterocycles. The fourth-order valence-electron chi connectivity index (χ4n) is 1.85. The van der Waals surface area contributed by atoms with Crippen molar-refractivity contribution in [1.29, 1.82) is 0 Å². The molecule has 0 N–H and O–H groups in total.